The molecule has 1 spiro atoms. The first-order chi connectivity index (χ1) is 29.2. The number of hydrogen-bond donors (Lipinski definition) is 6. The number of aryl methyl sites for hydroxylation is 1. The molecule has 60 heavy (non-hydrogen) atoms. The van der Waals surface area contributed by atoms with Crippen LogP contribution in [0.5, 0.6) is 11.5 Å². The Bertz CT molecular complexity index is 2410. The Morgan fingerprint density at radius 2 is 1.82 bits per heavy atom. The molecule has 2 bridgehead atoms. The molecular weight excluding hydrogens is 753 g/mol. The summed E-state index contributed by atoms with van der Waals surface area (Å²) in [5.74, 6) is 10.8. The summed E-state index contributed by atoms with van der Waals surface area (Å²) >= 11 is 0. The van der Waals surface area contributed by atoms with Crippen molar-refractivity contribution in [2.45, 2.75) is 115 Å². The number of fused-ring (bicyclic) bond motifs is 6. The molecule has 1 fully saturated rings. The maximum absolute atomic E-state index is 12.9. The molecule has 8 rings (SSSR count). The zero-order valence-electron chi connectivity index (χ0n) is 34.3. The molecule has 3 aromatic carbocycles. The van der Waals surface area contributed by atoms with Gasteiger partial charge in [-0.25, -0.2) is 0 Å². The highest BCUT2D eigenvalue weighted by Crippen LogP contribution is 2.50. The Balaban J connectivity index is 1.09. The van der Waals surface area contributed by atoms with E-state index in [4.69, 9.17) is 15.2 Å². The third kappa shape index (κ3) is 9.34. The van der Waals surface area contributed by atoms with Crippen LogP contribution in [0.4, 0.5) is 0 Å². The van der Waals surface area contributed by atoms with Gasteiger partial charge in [0.1, 0.15) is 18.0 Å². The third-order valence-electron chi connectivity index (χ3n) is 12.5. The summed E-state index contributed by atoms with van der Waals surface area (Å²) in [6.45, 7) is 2.71. The molecule has 10 heteroatoms. The molecule has 312 valence electrons. The topological polar surface area (TPSA) is 155 Å². The number of carbonyl (C=O) groups excluding carboxylic acids is 1. The summed E-state index contributed by atoms with van der Waals surface area (Å²) in [5, 5.41) is 37.0. The van der Waals surface area contributed by atoms with Gasteiger partial charge in [-0.1, -0.05) is 98.5 Å². The molecule has 10 nitrogen and oxygen atoms in total. The number of ketones is 1. The van der Waals surface area contributed by atoms with Crippen molar-refractivity contribution in [1.82, 2.24) is 14.9 Å². The minimum absolute atomic E-state index is 0.00557. The number of hydrogen-bond acceptors (Lipinski definition) is 8. The van der Waals surface area contributed by atoms with Crippen LogP contribution >= 0.6 is 0 Å². The van der Waals surface area contributed by atoms with Crippen molar-refractivity contribution in [3.63, 3.8) is 0 Å². The lowest BCUT2D eigenvalue weighted by molar-refractivity contribution is -0.121. The maximum atomic E-state index is 12.9. The summed E-state index contributed by atoms with van der Waals surface area (Å²) < 4.78 is 15.3. The van der Waals surface area contributed by atoms with Gasteiger partial charge >= 0.3 is 0 Å². The van der Waals surface area contributed by atoms with E-state index in [9.17, 15) is 20.1 Å². The van der Waals surface area contributed by atoms with E-state index < -0.39 is 35.9 Å². The Hall–Kier alpha value is -5.33. The van der Waals surface area contributed by atoms with Crippen molar-refractivity contribution in [1.29, 1.82) is 0 Å². The zero-order chi connectivity index (χ0) is 41.6. The van der Waals surface area contributed by atoms with Gasteiger partial charge in [-0.2, -0.15) is 0 Å². The van der Waals surface area contributed by atoms with E-state index in [0.29, 0.717) is 30.8 Å². The summed E-state index contributed by atoms with van der Waals surface area (Å²) in [5.41, 5.74) is 12.9. The number of aromatic amines is 1. The lowest BCUT2D eigenvalue weighted by atomic mass is 9.73. The van der Waals surface area contributed by atoms with Crippen LogP contribution in [0.1, 0.15) is 117 Å². The van der Waals surface area contributed by atoms with Crippen LogP contribution in [-0.2, 0) is 24.1 Å². The van der Waals surface area contributed by atoms with Gasteiger partial charge in [0.2, 0.25) is 0 Å². The van der Waals surface area contributed by atoms with Gasteiger partial charge in [0.05, 0.1) is 35.2 Å². The molecule has 3 aliphatic rings. The highest BCUT2D eigenvalue weighted by atomic mass is 16.5. The Labute approximate surface area is 352 Å². The fourth-order valence-electron chi connectivity index (χ4n) is 9.20. The second kappa shape index (κ2) is 18.5. The van der Waals surface area contributed by atoms with Crippen molar-refractivity contribution < 1.29 is 29.6 Å². The van der Waals surface area contributed by atoms with Gasteiger partial charge in [-0.05, 0) is 84.0 Å². The minimum atomic E-state index is -1.07. The van der Waals surface area contributed by atoms with Gasteiger partial charge in [-0.3, -0.25) is 10.1 Å². The second-order valence-corrected chi connectivity index (χ2v) is 16.9. The summed E-state index contributed by atoms with van der Waals surface area (Å²) in [7, 11) is 0. The lowest BCUT2D eigenvalue weighted by Gasteiger charge is -2.35. The average Bonchev–Trinajstić information content (AvgIpc) is 3.99. The Morgan fingerprint density at radius 3 is 2.63 bits per heavy atom. The van der Waals surface area contributed by atoms with Crippen LogP contribution in [0.2, 0.25) is 0 Å². The minimum Gasteiger partial charge on any atom is -0.465 e. The molecule has 7 N–H and O–H groups in total. The SMILES string of the molecule is CCC[C@H](O)C[C@@H](O)CC(=O)CCc1ccc2c(c1)O[C@@H]1[C@@H](C#C[C@H](O)c3ccc([C@H](N)NCCc4ccccc4)cc3Cc3c[nH]c4cn1cc34)C1(C#CO2)CCCC1. The first kappa shape index (κ1) is 41.4. The summed E-state index contributed by atoms with van der Waals surface area (Å²) in [4.78, 5) is 16.4. The number of carbonyl (C=O) groups is 1. The standard InChI is InChI=1S/C50H56N4O6/c1-2-8-38(55)28-40(57)29-39(56)14-11-34-12-18-46-47(25-34)60-49-43(50(22-24-59-46)20-6-7-21-50)16-17-45(58)41-15-13-35(48(51)52-23-19-33-9-4-3-5-10-33)26-36(41)27-37-30-53-44-32-54(49)31-42(37)44/h3-5,9-10,12-13,15,18,25-26,30-32,38,40,43,45,48-49,52-53,55,57-58H,2,6-8,11,14,19-21,23,27-29,51H2,1H3/t38-,40+,43+,45-,48+,49+/m0/s1. The molecule has 5 aromatic rings. The molecular formula is C50H56N4O6. The molecule has 0 saturated heterocycles. The van der Waals surface area contributed by atoms with Gasteiger partial charge in [0.15, 0.2) is 17.7 Å². The zero-order valence-corrected chi connectivity index (χ0v) is 34.3. The van der Waals surface area contributed by atoms with Crippen LogP contribution in [0, 0.1) is 35.2 Å². The van der Waals surface area contributed by atoms with Crippen LogP contribution in [0.15, 0.2) is 85.3 Å². The van der Waals surface area contributed by atoms with Crippen molar-refractivity contribution in [2.24, 2.45) is 17.1 Å². The maximum Gasteiger partial charge on any atom is 0.191 e. The average molecular weight is 809 g/mol. The van der Waals surface area contributed by atoms with Crippen molar-refractivity contribution in [2.75, 3.05) is 6.54 Å². The Kier molecular flexibility index (Phi) is 12.8. The number of aliphatic hydroxyl groups is 3. The van der Waals surface area contributed by atoms with Crippen molar-refractivity contribution in [3.8, 4) is 35.4 Å². The molecule has 2 aliphatic heterocycles. The molecule has 0 radical (unpaired) electrons. The fourth-order valence-corrected chi connectivity index (χ4v) is 9.20. The van der Waals surface area contributed by atoms with Crippen LogP contribution in [-0.4, -0.2) is 49.4 Å². The lowest BCUT2D eigenvalue weighted by Crippen LogP contribution is -2.35. The van der Waals surface area contributed by atoms with Crippen molar-refractivity contribution in [3.05, 3.63) is 119 Å². The molecule has 0 amide bonds. The number of aromatic nitrogens is 2. The summed E-state index contributed by atoms with van der Waals surface area (Å²) in [6, 6.07) is 22.0. The number of H-pyrrole nitrogens is 1. The molecule has 6 atom stereocenters. The number of Topliss-reactive ketones (excluding diaryl/α,β-unsaturated/α-hetero) is 1. The monoisotopic (exact) mass is 808 g/mol. The van der Waals surface area contributed by atoms with Gasteiger partial charge in [0.25, 0.3) is 0 Å². The number of nitrogens with one attached hydrogen (secondary N) is 2. The largest absolute Gasteiger partial charge is 0.465 e. The van der Waals surface area contributed by atoms with E-state index in [2.05, 4.69) is 69.3 Å². The quantitative estimate of drug-likeness (QED) is 0.0505. The predicted octanol–water partition coefficient (Wildman–Crippen LogP) is 7.31. The van der Waals surface area contributed by atoms with E-state index in [1.165, 1.54) is 5.56 Å². The molecule has 1 saturated carbocycles. The highest BCUT2D eigenvalue weighted by molar-refractivity contribution is 5.83. The van der Waals surface area contributed by atoms with Crippen LogP contribution in [0.25, 0.3) is 10.9 Å². The van der Waals surface area contributed by atoms with Gasteiger partial charge in [0, 0.05) is 49.8 Å². The van der Waals surface area contributed by atoms with E-state index in [-0.39, 0.29) is 31.2 Å². The van der Waals surface area contributed by atoms with E-state index in [0.717, 1.165) is 83.8 Å². The van der Waals surface area contributed by atoms with Gasteiger partial charge in [-0.15, -0.1) is 0 Å². The van der Waals surface area contributed by atoms with Crippen LogP contribution < -0.4 is 20.5 Å². The normalized spacial score (nSPS) is 20.4. The van der Waals surface area contributed by atoms with Crippen molar-refractivity contribution >= 4 is 16.7 Å². The molecule has 0 unspecified atom stereocenters. The molecule has 1 aliphatic carbocycles. The first-order valence-corrected chi connectivity index (χ1v) is 21.6. The number of ether oxygens (including phenoxy) is 2. The first-order valence-electron chi connectivity index (χ1n) is 21.6. The molecule has 4 heterocycles. The van der Waals surface area contributed by atoms with Gasteiger partial charge < -0.3 is 40.1 Å². The fraction of sp³-hybridized carbons (Fsp3) is 0.420. The number of nitrogens with zero attached hydrogens (tertiary/aromatic N) is 1. The number of benzene rings is 3. The summed E-state index contributed by atoms with van der Waals surface area (Å²) in [6.07, 6.45) is 13.0. The second-order valence-electron chi connectivity index (χ2n) is 16.9. The third-order valence-corrected chi connectivity index (χ3v) is 12.5. The van der Waals surface area contributed by atoms with E-state index in [1.807, 2.05) is 61.7 Å². The van der Waals surface area contributed by atoms with E-state index in [1.54, 1.807) is 0 Å². The van der Waals surface area contributed by atoms with E-state index >= 15 is 0 Å². The highest BCUT2D eigenvalue weighted by Gasteiger charge is 2.46. The predicted molar refractivity (Wildman–Crippen MR) is 232 cm³/mol. The molecule has 2 aromatic heterocycles. The number of rotatable bonds is 14. The number of aliphatic hydroxyl groups excluding tert-OH is 3. The Morgan fingerprint density at radius 1 is 0.983 bits per heavy atom. The van der Waals surface area contributed by atoms with Crippen LogP contribution in [0.3, 0.4) is 0 Å². The number of nitrogens with two attached hydrogens (primary N) is 1. The smallest absolute Gasteiger partial charge is 0.191 e.